The van der Waals surface area contributed by atoms with Crippen LogP contribution in [0.15, 0.2) is 95.5 Å². The molecule has 25 heavy (non-hydrogen) atoms. The van der Waals surface area contributed by atoms with Gasteiger partial charge in [0.05, 0.1) is 0 Å². The lowest BCUT2D eigenvalue weighted by molar-refractivity contribution is 1.50. The quantitative estimate of drug-likeness (QED) is 0.496. The van der Waals surface area contributed by atoms with Crippen LogP contribution >= 0.6 is 15.9 Å². The van der Waals surface area contributed by atoms with E-state index in [9.17, 15) is 0 Å². The van der Waals surface area contributed by atoms with Gasteiger partial charge < -0.3 is 5.73 Å². The molecule has 2 N–H and O–H groups in total. The van der Waals surface area contributed by atoms with Crippen molar-refractivity contribution >= 4 is 21.6 Å². The predicted molar refractivity (Wildman–Crippen MR) is 112 cm³/mol. The molecule has 0 aliphatic rings. The highest BCUT2D eigenvalue weighted by atomic mass is 79.9. The van der Waals surface area contributed by atoms with Gasteiger partial charge in [-0.15, -0.1) is 0 Å². The Morgan fingerprint density at radius 2 is 1.40 bits per heavy atom. The zero-order valence-electron chi connectivity index (χ0n) is 14.1. The van der Waals surface area contributed by atoms with E-state index in [4.69, 9.17) is 5.73 Å². The number of benzene rings is 3. The highest BCUT2D eigenvalue weighted by Gasteiger charge is 2.03. The molecular weight excluding hydrogens is 370 g/mol. The van der Waals surface area contributed by atoms with Crippen LogP contribution in [0.25, 0.3) is 28.0 Å². The van der Waals surface area contributed by atoms with Crippen molar-refractivity contribution in [2.45, 2.75) is 6.92 Å². The summed E-state index contributed by atoms with van der Waals surface area (Å²) in [6, 6.07) is 25.3. The summed E-state index contributed by atoms with van der Waals surface area (Å²) in [7, 11) is 0. The molecule has 0 radical (unpaired) electrons. The Morgan fingerprint density at radius 1 is 0.800 bits per heavy atom. The summed E-state index contributed by atoms with van der Waals surface area (Å²) in [6.07, 6.45) is 5.85. The summed E-state index contributed by atoms with van der Waals surface area (Å²) >= 11 is 3.53. The number of allylic oxidation sites excluding steroid dienone is 3. The Bertz CT molecular complexity index is 921. The smallest absolute Gasteiger partial charge is 0.0387 e. The fraction of sp³-hybridized carbons (Fsp3) is 0.0435. The number of hydrogen-bond donors (Lipinski definition) is 1. The van der Waals surface area contributed by atoms with Gasteiger partial charge in [-0.05, 0) is 59.0 Å². The van der Waals surface area contributed by atoms with Crippen LogP contribution in [0.2, 0.25) is 0 Å². The van der Waals surface area contributed by atoms with E-state index >= 15 is 0 Å². The van der Waals surface area contributed by atoms with Crippen LogP contribution in [-0.2, 0) is 0 Å². The molecule has 0 aliphatic heterocycles. The van der Waals surface area contributed by atoms with Crippen LogP contribution in [-0.4, -0.2) is 0 Å². The molecule has 124 valence electrons. The first-order valence-corrected chi connectivity index (χ1v) is 9.02. The maximum atomic E-state index is 6.15. The van der Waals surface area contributed by atoms with Crippen molar-refractivity contribution in [3.8, 4) is 22.3 Å². The van der Waals surface area contributed by atoms with Gasteiger partial charge in [-0.1, -0.05) is 82.7 Å². The maximum absolute atomic E-state index is 6.15. The second-order valence-corrected chi connectivity index (χ2v) is 6.73. The first kappa shape index (κ1) is 17.2. The molecule has 0 aliphatic carbocycles. The summed E-state index contributed by atoms with van der Waals surface area (Å²) in [5.74, 6) is 0. The molecule has 2 heteroatoms. The van der Waals surface area contributed by atoms with Gasteiger partial charge in [-0.3, -0.25) is 0 Å². The molecule has 0 unspecified atom stereocenters. The second kappa shape index (κ2) is 8.00. The minimum absolute atomic E-state index is 0.769. The molecule has 3 aromatic carbocycles. The van der Waals surface area contributed by atoms with Gasteiger partial charge in [0, 0.05) is 10.2 Å². The Labute approximate surface area is 157 Å². The van der Waals surface area contributed by atoms with Gasteiger partial charge in [0.1, 0.15) is 0 Å². The first-order chi connectivity index (χ1) is 12.2. The molecular formula is C23H20BrN. The van der Waals surface area contributed by atoms with Gasteiger partial charge in [0.15, 0.2) is 0 Å². The second-order valence-electron chi connectivity index (χ2n) is 5.82. The fourth-order valence-electron chi connectivity index (χ4n) is 2.70. The van der Waals surface area contributed by atoms with Crippen molar-refractivity contribution in [1.82, 2.24) is 0 Å². The van der Waals surface area contributed by atoms with Crippen LogP contribution in [0.5, 0.6) is 0 Å². The lowest BCUT2D eigenvalue weighted by Crippen LogP contribution is -1.95. The van der Waals surface area contributed by atoms with Crippen LogP contribution in [0.3, 0.4) is 0 Å². The Balaban J connectivity index is 1.90. The third kappa shape index (κ3) is 4.28. The van der Waals surface area contributed by atoms with E-state index in [1.807, 2.05) is 43.4 Å². The van der Waals surface area contributed by atoms with Crippen molar-refractivity contribution in [1.29, 1.82) is 0 Å². The van der Waals surface area contributed by atoms with Crippen LogP contribution in [0.1, 0.15) is 12.5 Å². The predicted octanol–water partition coefficient (Wildman–Crippen LogP) is 6.66. The van der Waals surface area contributed by atoms with E-state index in [0.717, 1.165) is 21.3 Å². The minimum Gasteiger partial charge on any atom is -0.398 e. The average molecular weight is 390 g/mol. The number of hydrogen-bond acceptors (Lipinski definition) is 1. The van der Waals surface area contributed by atoms with Crippen LogP contribution in [0, 0.1) is 0 Å². The number of rotatable bonds is 4. The summed E-state index contributed by atoms with van der Waals surface area (Å²) in [6.45, 7) is 1.98. The molecule has 0 saturated heterocycles. The molecule has 0 fully saturated rings. The van der Waals surface area contributed by atoms with Crippen LogP contribution < -0.4 is 5.73 Å². The molecule has 0 bridgehead atoms. The topological polar surface area (TPSA) is 26.0 Å². The molecule has 1 nitrogen and oxygen atoms in total. The van der Waals surface area contributed by atoms with Gasteiger partial charge in [0.25, 0.3) is 0 Å². The van der Waals surface area contributed by atoms with Gasteiger partial charge in [-0.2, -0.15) is 0 Å². The Kier molecular flexibility index (Phi) is 5.52. The number of halogens is 1. The van der Waals surface area contributed by atoms with E-state index in [2.05, 4.69) is 70.5 Å². The molecule has 0 aromatic heterocycles. The standard InChI is InChI=1S/C23H20BrN/c1-2-3-10-23(25)21-8-4-6-19(15-21)17-11-13-18(14-12-17)20-7-5-9-22(24)16-20/h2-16H,25H2,1H3/b3-2-,23-10-. The van der Waals surface area contributed by atoms with Crippen molar-refractivity contribution in [2.75, 3.05) is 0 Å². The molecule has 0 atom stereocenters. The maximum Gasteiger partial charge on any atom is 0.0387 e. The summed E-state index contributed by atoms with van der Waals surface area (Å²) in [4.78, 5) is 0. The highest BCUT2D eigenvalue weighted by molar-refractivity contribution is 9.10. The summed E-state index contributed by atoms with van der Waals surface area (Å²) in [5, 5.41) is 0. The molecule has 3 rings (SSSR count). The van der Waals surface area contributed by atoms with Crippen molar-refractivity contribution in [2.24, 2.45) is 5.73 Å². The van der Waals surface area contributed by atoms with Crippen molar-refractivity contribution in [3.05, 3.63) is 101 Å². The zero-order valence-corrected chi connectivity index (χ0v) is 15.7. The Hall–Kier alpha value is -2.58. The third-order valence-corrected chi connectivity index (χ3v) is 4.53. The summed E-state index contributed by atoms with van der Waals surface area (Å²) in [5.41, 5.74) is 12.7. The average Bonchev–Trinajstić information content (AvgIpc) is 2.66. The molecule has 0 heterocycles. The zero-order chi connectivity index (χ0) is 17.6. The van der Waals surface area contributed by atoms with Crippen LogP contribution in [0.4, 0.5) is 0 Å². The Morgan fingerprint density at radius 3 is 2.00 bits per heavy atom. The SMILES string of the molecule is C/C=C\C=C(/N)c1cccc(-c2ccc(-c3cccc(Br)c3)cc2)c1. The molecule has 0 spiro atoms. The molecule has 0 amide bonds. The highest BCUT2D eigenvalue weighted by Crippen LogP contribution is 2.27. The third-order valence-electron chi connectivity index (χ3n) is 4.04. The monoisotopic (exact) mass is 389 g/mol. The van der Waals surface area contributed by atoms with E-state index in [1.54, 1.807) is 0 Å². The minimum atomic E-state index is 0.769. The van der Waals surface area contributed by atoms with Crippen molar-refractivity contribution in [3.63, 3.8) is 0 Å². The van der Waals surface area contributed by atoms with Gasteiger partial charge >= 0.3 is 0 Å². The van der Waals surface area contributed by atoms with E-state index in [1.165, 1.54) is 16.7 Å². The van der Waals surface area contributed by atoms with Gasteiger partial charge in [0.2, 0.25) is 0 Å². The normalized spacial score (nSPS) is 11.8. The largest absolute Gasteiger partial charge is 0.398 e. The molecule has 0 saturated carbocycles. The van der Waals surface area contributed by atoms with E-state index in [0.29, 0.717) is 0 Å². The van der Waals surface area contributed by atoms with Gasteiger partial charge in [-0.25, -0.2) is 0 Å². The number of nitrogens with two attached hydrogens (primary N) is 1. The lowest BCUT2D eigenvalue weighted by Gasteiger charge is -2.08. The van der Waals surface area contributed by atoms with E-state index in [-0.39, 0.29) is 0 Å². The first-order valence-electron chi connectivity index (χ1n) is 8.22. The van der Waals surface area contributed by atoms with Crippen molar-refractivity contribution < 1.29 is 0 Å². The summed E-state index contributed by atoms with van der Waals surface area (Å²) < 4.78 is 1.09. The van der Waals surface area contributed by atoms with E-state index < -0.39 is 0 Å². The fourth-order valence-corrected chi connectivity index (χ4v) is 3.10. The lowest BCUT2D eigenvalue weighted by atomic mass is 9.98. The molecule has 3 aromatic rings.